The molecule has 0 aliphatic carbocycles. The van der Waals surface area contributed by atoms with E-state index in [9.17, 15) is 45.3 Å². The van der Waals surface area contributed by atoms with Crippen molar-refractivity contribution in [1.29, 1.82) is 0 Å². The van der Waals surface area contributed by atoms with Crippen molar-refractivity contribution in [2.75, 3.05) is 26.4 Å². The fourth-order valence-corrected chi connectivity index (χ4v) is 9.93. The number of carbonyl (C=O) groups is 2. The Hall–Kier alpha value is -1.50. The van der Waals surface area contributed by atoms with Gasteiger partial charge < -0.3 is 64.2 Å². The lowest BCUT2D eigenvalue weighted by Gasteiger charge is -2.42. The Morgan fingerprint density at radius 3 is 1.07 bits per heavy atom. The van der Waals surface area contributed by atoms with Gasteiger partial charge in [0.15, 0.2) is 18.7 Å². The molecule has 432 valence electrons. The van der Waals surface area contributed by atoms with Crippen molar-refractivity contribution in [2.24, 2.45) is 0 Å². The van der Waals surface area contributed by atoms with Crippen LogP contribution in [-0.2, 0) is 38.0 Å². The average Bonchev–Trinajstić information content (AvgIpc) is 3.38. The molecule has 15 nitrogen and oxygen atoms in total. The minimum Gasteiger partial charge on any atom is -0.462 e. The fraction of sp³-hybridized carbons (Fsp3) is 0.966. The summed E-state index contributed by atoms with van der Waals surface area (Å²) >= 11 is 0. The van der Waals surface area contributed by atoms with Gasteiger partial charge in [-0.15, -0.1) is 0 Å². The molecule has 73 heavy (non-hydrogen) atoms. The maximum Gasteiger partial charge on any atom is 0.306 e. The van der Waals surface area contributed by atoms with E-state index in [0.717, 1.165) is 38.5 Å². The normalized spacial score (nSPS) is 24.7. The largest absolute Gasteiger partial charge is 0.462 e. The first-order chi connectivity index (χ1) is 35.5. The quantitative estimate of drug-likeness (QED) is 0.0222. The summed E-state index contributed by atoms with van der Waals surface area (Å²) in [6.45, 7) is 2.66. The van der Waals surface area contributed by atoms with E-state index >= 15 is 0 Å². The number of hydrogen-bond donors (Lipinski definition) is 7. The van der Waals surface area contributed by atoms with Crippen LogP contribution >= 0.6 is 0 Å². The zero-order valence-electron chi connectivity index (χ0n) is 46.2. The molecule has 2 heterocycles. The highest BCUT2D eigenvalue weighted by molar-refractivity contribution is 5.70. The van der Waals surface area contributed by atoms with Crippen LogP contribution < -0.4 is 0 Å². The minimum absolute atomic E-state index is 0.174. The van der Waals surface area contributed by atoms with Gasteiger partial charge in [-0.1, -0.05) is 239 Å². The minimum atomic E-state index is -1.76. The second-order valence-electron chi connectivity index (χ2n) is 21.5. The summed E-state index contributed by atoms with van der Waals surface area (Å²) in [4.78, 5) is 25.9. The van der Waals surface area contributed by atoms with Gasteiger partial charge in [0, 0.05) is 12.8 Å². The molecule has 0 aromatic heterocycles. The summed E-state index contributed by atoms with van der Waals surface area (Å²) in [5.74, 6) is -0.902. The van der Waals surface area contributed by atoms with Crippen molar-refractivity contribution in [3.63, 3.8) is 0 Å². The number of hydrogen-bond acceptors (Lipinski definition) is 15. The van der Waals surface area contributed by atoms with E-state index in [2.05, 4.69) is 13.8 Å². The van der Waals surface area contributed by atoms with Crippen molar-refractivity contribution in [3.8, 4) is 0 Å². The second-order valence-corrected chi connectivity index (χ2v) is 21.5. The van der Waals surface area contributed by atoms with Crippen LogP contribution in [-0.4, -0.2) is 142 Å². The number of aliphatic hydroxyl groups is 7. The Labute approximate surface area is 442 Å². The zero-order chi connectivity index (χ0) is 53.2. The Morgan fingerprint density at radius 2 is 0.699 bits per heavy atom. The molecular weight excluding hydrogens is 937 g/mol. The molecule has 0 bridgehead atoms. The Balaban J connectivity index is 1.73. The van der Waals surface area contributed by atoms with Crippen molar-refractivity contribution in [3.05, 3.63) is 0 Å². The molecule has 2 aliphatic rings. The number of ether oxygens (including phenoxy) is 6. The van der Waals surface area contributed by atoms with Gasteiger partial charge in [-0.25, -0.2) is 0 Å². The van der Waals surface area contributed by atoms with E-state index in [1.54, 1.807) is 0 Å². The van der Waals surface area contributed by atoms with Gasteiger partial charge in [-0.3, -0.25) is 9.59 Å². The Bertz CT molecular complexity index is 1280. The van der Waals surface area contributed by atoms with Crippen LogP contribution in [0.2, 0.25) is 0 Å². The molecule has 7 N–H and O–H groups in total. The van der Waals surface area contributed by atoms with Gasteiger partial charge in [-0.05, 0) is 12.8 Å². The number of aliphatic hydroxyl groups excluding tert-OH is 7. The summed E-state index contributed by atoms with van der Waals surface area (Å²) in [7, 11) is 0. The van der Waals surface area contributed by atoms with Gasteiger partial charge in [0.25, 0.3) is 0 Å². The highest BCUT2D eigenvalue weighted by Gasteiger charge is 2.47. The monoisotopic (exact) mass is 1050 g/mol. The lowest BCUT2D eigenvalue weighted by atomic mass is 9.98. The maximum absolute atomic E-state index is 13.1. The summed E-state index contributed by atoms with van der Waals surface area (Å²) in [5.41, 5.74) is 0. The van der Waals surface area contributed by atoms with Gasteiger partial charge in [-0.2, -0.15) is 0 Å². The Morgan fingerprint density at radius 1 is 0.384 bits per heavy atom. The lowest BCUT2D eigenvalue weighted by Crippen LogP contribution is -2.61. The van der Waals surface area contributed by atoms with Crippen LogP contribution in [0, 0.1) is 0 Å². The van der Waals surface area contributed by atoms with Crippen molar-refractivity contribution < 1.29 is 73.8 Å². The van der Waals surface area contributed by atoms with E-state index in [4.69, 9.17) is 28.4 Å². The highest BCUT2D eigenvalue weighted by atomic mass is 16.7. The smallest absolute Gasteiger partial charge is 0.306 e. The van der Waals surface area contributed by atoms with E-state index in [1.807, 2.05) is 0 Å². The van der Waals surface area contributed by atoms with Crippen LogP contribution in [0.1, 0.15) is 264 Å². The summed E-state index contributed by atoms with van der Waals surface area (Å²) in [5, 5.41) is 72.3. The summed E-state index contributed by atoms with van der Waals surface area (Å²) in [6.07, 6.45) is 29.8. The molecular formula is C58H110O15. The fourth-order valence-electron chi connectivity index (χ4n) is 9.93. The van der Waals surface area contributed by atoms with E-state index < -0.39 is 92.7 Å². The number of rotatable bonds is 49. The molecule has 2 aliphatic heterocycles. The predicted octanol–water partition coefficient (Wildman–Crippen LogP) is 10.3. The second kappa shape index (κ2) is 45.5. The molecule has 0 spiro atoms. The Kier molecular flexibility index (Phi) is 42.2. The highest BCUT2D eigenvalue weighted by Crippen LogP contribution is 2.27. The van der Waals surface area contributed by atoms with Crippen molar-refractivity contribution >= 4 is 11.9 Å². The van der Waals surface area contributed by atoms with Gasteiger partial charge in [0.05, 0.1) is 19.8 Å². The molecule has 0 saturated carbocycles. The SMILES string of the molecule is CCCCCCCCCCCCCCCCCCCCCCC(=O)O[C@H](COC(=O)CCCCCCCCCCCCCCCCCCC)CO[C@H]1O[C@@H](CO[C@H]2O[C@@H](CO)[C@@H](O)C(O)C2O)[C@@H](O)C(O)C1O. The summed E-state index contributed by atoms with van der Waals surface area (Å²) in [6, 6.07) is 0. The molecule has 15 heteroatoms. The molecule has 0 aromatic rings. The number of carbonyl (C=O) groups excluding carboxylic acids is 2. The maximum atomic E-state index is 13.1. The van der Waals surface area contributed by atoms with E-state index in [1.165, 1.54) is 186 Å². The van der Waals surface area contributed by atoms with Crippen LogP contribution in [0.25, 0.3) is 0 Å². The van der Waals surface area contributed by atoms with Crippen LogP contribution in [0.4, 0.5) is 0 Å². The molecule has 4 unspecified atom stereocenters. The molecule has 2 fully saturated rings. The lowest BCUT2D eigenvalue weighted by molar-refractivity contribution is -0.332. The third-order valence-corrected chi connectivity index (χ3v) is 14.8. The van der Waals surface area contributed by atoms with Crippen molar-refractivity contribution in [2.45, 2.75) is 332 Å². The average molecular weight is 1050 g/mol. The first-order valence-electron chi connectivity index (χ1n) is 30.1. The molecule has 0 amide bonds. The standard InChI is InChI=1S/C58H110O15/c1-3-5-7-9-11-13-15-17-19-21-22-23-25-27-29-31-33-35-37-39-41-50(61)71-46(43-68-49(60)40-38-36-34-32-30-28-26-24-20-18-16-14-12-10-8-6-4-2)44-69-57-56(67)54(65)52(63)48(73-57)45-70-58-55(66)53(64)51(62)47(42-59)72-58/h46-48,51-59,62-67H,3-45H2,1-2H3/t46-,47+,48+,51-,52-,53?,54?,55?,56?,57+,58+/m1/s1. The van der Waals surface area contributed by atoms with E-state index in [0.29, 0.717) is 12.8 Å². The number of unbranched alkanes of at least 4 members (excludes halogenated alkanes) is 35. The van der Waals surface area contributed by atoms with Crippen LogP contribution in [0.3, 0.4) is 0 Å². The van der Waals surface area contributed by atoms with Crippen molar-refractivity contribution in [1.82, 2.24) is 0 Å². The van der Waals surface area contributed by atoms with Gasteiger partial charge in [0.2, 0.25) is 0 Å². The topological polar surface area (TPSA) is 231 Å². The van der Waals surface area contributed by atoms with Crippen LogP contribution in [0.15, 0.2) is 0 Å². The molecule has 11 atom stereocenters. The first kappa shape index (κ1) is 67.6. The van der Waals surface area contributed by atoms with E-state index in [-0.39, 0.29) is 26.1 Å². The molecule has 2 saturated heterocycles. The first-order valence-corrected chi connectivity index (χ1v) is 30.1. The summed E-state index contributed by atoms with van der Waals surface area (Å²) < 4.78 is 33.7. The number of esters is 2. The molecule has 0 radical (unpaired) electrons. The van der Waals surface area contributed by atoms with Crippen LogP contribution in [0.5, 0.6) is 0 Å². The molecule has 2 rings (SSSR count). The van der Waals surface area contributed by atoms with Gasteiger partial charge in [0.1, 0.15) is 55.4 Å². The zero-order valence-corrected chi connectivity index (χ0v) is 46.2. The predicted molar refractivity (Wildman–Crippen MR) is 285 cm³/mol. The third-order valence-electron chi connectivity index (χ3n) is 14.8. The molecule has 0 aromatic carbocycles. The van der Waals surface area contributed by atoms with Gasteiger partial charge >= 0.3 is 11.9 Å². The third kappa shape index (κ3) is 32.8.